The number of hydrogen-bond donors (Lipinski definition) is 1. The molecule has 1 N–H and O–H groups in total. The second-order valence-electron chi connectivity index (χ2n) is 6.24. The highest BCUT2D eigenvalue weighted by Crippen LogP contribution is 2.24. The number of nitrogens with zero attached hydrogens (tertiary/aromatic N) is 5. The fraction of sp³-hybridized carbons (Fsp3) is 0.150. The monoisotopic (exact) mass is 424 g/mol. The number of rotatable bonds is 7. The van der Waals surface area contributed by atoms with Crippen LogP contribution in [0, 0.1) is 5.82 Å². The lowest BCUT2D eigenvalue weighted by Gasteiger charge is -2.06. The Morgan fingerprint density at radius 3 is 2.63 bits per heavy atom. The van der Waals surface area contributed by atoms with Crippen molar-refractivity contribution >= 4 is 28.8 Å². The zero-order valence-corrected chi connectivity index (χ0v) is 16.8. The van der Waals surface area contributed by atoms with Crippen LogP contribution in [-0.4, -0.2) is 43.7 Å². The van der Waals surface area contributed by atoms with Gasteiger partial charge < -0.3 is 10.1 Å². The zero-order valence-electron chi connectivity index (χ0n) is 15.9. The van der Waals surface area contributed by atoms with Crippen LogP contribution in [0.2, 0.25) is 0 Å². The van der Waals surface area contributed by atoms with Crippen LogP contribution in [0.4, 0.5) is 4.39 Å². The van der Waals surface area contributed by atoms with E-state index in [0.717, 1.165) is 17.0 Å². The van der Waals surface area contributed by atoms with Gasteiger partial charge >= 0.3 is 0 Å². The van der Waals surface area contributed by atoms with E-state index in [9.17, 15) is 9.18 Å². The maximum atomic E-state index is 12.9. The Labute approximate surface area is 175 Å². The molecule has 0 aliphatic rings. The second kappa shape index (κ2) is 8.87. The molecule has 0 saturated heterocycles. The van der Waals surface area contributed by atoms with Crippen molar-refractivity contribution in [3.05, 3.63) is 66.2 Å². The van der Waals surface area contributed by atoms with Crippen LogP contribution in [0.3, 0.4) is 0 Å². The molecule has 152 valence electrons. The van der Waals surface area contributed by atoms with Gasteiger partial charge in [-0.3, -0.25) is 4.79 Å². The molecular formula is C20H17FN6O2S. The minimum Gasteiger partial charge on any atom is -0.497 e. The topological polar surface area (TPSA) is 94.8 Å². The number of halogens is 1. The van der Waals surface area contributed by atoms with Crippen LogP contribution >= 0.6 is 11.8 Å². The standard InChI is InChI=1S/C20H17FN6O2S/c1-29-16-8-6-15(7-9-16)27-19-18(25-26-27)20(24-12-23-19)30-11-17(28)22-10-13-2-4-14(21)5-3-13/h2-9,12H,10-11H2,1H3,(H,22,28). The Bertz CT molecular complexity index is 1160. The van der Waals surface area contributed by atoms with E-state index in [-0.39, 0.29) is 17.5 Å². The number of aromatic nitrogens is 5. The van der Waals surface area contributed by atoms with Crippen molar-refractivity contribution in [2.75, 3.05) is 12.9 Å². The first-order chi connectivity index (χ1) is 14.6. The predicted molar refractivity (Wildman–Crippen MR) is 110 cm³/mol. The van der Waals surface area contributed by atoms with Crippen molar-refractivity contribution in [2.45, 2.75) is 11.6 Å². The summed E-state index contributed by atoms with van der Waals surface area (Å²) in [7, 11) is 1.60. The molecule has 0 spiro atoms. The molecule has 4 aromatic rings. The summed E-state index contributed by atoms with van der Waals surface area (Å²) in [5.41, 5.74) is 2.67. The van der Waals surface area contributed by atoms with Gasteiger partial charge in [-0.2, -0.15) is 4.68 Å². The molecule has 0 unspecified atom stereocenters. The fourth-order valence-corrected chi connectivity index (χ4v) is 3.48. The molecule has 2 aromatic carbocycles. The summed E-state index contributed by atoms with van der Waals surface area (Å²) in [6.07, 6.45) is 1.42. The highest BCUT2D eigenvalue weighted by atomic mass is 32.2. The van der Waals surface area contributed by atoms with Gasteiger partial charge in [0.25, 0.3) is 0 Å². The van der Waals surface area contributed by atoms with Gasteiger partial charge in [0.15, 0.2) is 11.2 Å². The van der Waals surface area contributed by atoms with E-state index in [1.54, 1.807) is 23.9 Å². The Balaban J connectivity index is 1.43. The quantitative estimate of drug-likeness (QED) is 0.360. The average Bonchev–Trinajstić information content (AvgIpc) is 3.22. The minimum atomic E-state index is -0.309. The molecule has 30 heavy (non-hydrogen) atoms. The number of carbonyl (C=O) groups excluding carboxylic acids is 1. The Kier molecular flexibility index (Phi) is 5.84. The third kappa shape index (κ3) is 4.38. The summed E-state index contributed by atoms with van der Waals surface area (Å²) in [5, 5.41) is 11.7. The first-order valence-electron chi connectivity index (χ1n) is 8.99. The Morgan fingerprint density at radius 2 is 1.90 bits per heavy atom. The molecule has 2 heterocycles. The van der Waals surface area contributed by atoms with Crippen molar-refractivity contribution in [2.24, 2.45) is 0 Å². The molecule has 0 saturated carbocycles. The lowest BCUT2D eigenvalue weighted by molar-refractivity contribution is -0.118. The van der Waals surface area contributed by atoms with E-state index < -0.39 is 0 Å². The zero-order chi connectivity index (χ0) is 20.9. The first-order valence-corrected chi connectivity index (χ1v) is 9.97. The van der Waals surface area contributed by atoms with Crippen LogP contribution in [-0.2, 0) is 11.3 Å². The summed E-state index contributed by atoms with van der Waals surface area (Å²) in [6.45, 7) is 0.326. The van der Waals surface area contributed by atoms with Crippen LogP contribution in [0.5, 0.6) is 5.75 Å². The molecule has 0 bridgehead atoms. The summed E-state index contributed by atoms with van der Waals surface area (Å²) >= 11 is 1.25. The summed E-state index contributed by atoms with van der Waals surface area (Å²) in [4.78, 5) is 20.7. The number of amides is 1. The number of thioether (sulfide) groups is 1. The number of fused-ring (bicyclic) bond motifs is 1. The van der Waals surface area contributed by atoms with Crippen LogP contribution in [0.1, 0.15) is 5.56 Å². The van der Waals surface area contributed by atoms with Crippen molar-refractivity contribution in [3.8, 4) is 11.4 Å². The smallest absolute Gasteiger partial charge is 0.230 e. The van der Waals surface area contributed by atoms with Crippen LogP contribution in [0.15, 0.2) is 59.9 Å². The van der Waals surface area contributed by atoms with E-state index in [2.05, 4.69) is 25.6 Å². The predicted octanol–water partition coefficient (Wildman–Crippen LogP) is 2.77. The molecule has 1 amide bonds. The van der Waals surface area contributed by atoms with Gasteiger partial charge in [0.2, 0.25) is 5.91 Å². The van der Waals surface area contributed by atoms with Gasteiger partial charge in [-0.1, -0.05) is 29.1 Å². The van der Waals surface area contributed by atoms with Crippen LogP contribution in [0.25, 0.3) is 16.9 Å². The molecule has 0 radical (unpaired) electrons. The molecule has 8 nitrogen and oxygen atoms in total. The van der Waals surface area contributed by atoms with Gasteiger partial charge in [0.1, 0.15) is 22.9 Å². The van der Waals surface area contributed by atoms with Gasteiger partial charge in [0, 0.05) is 6.54 Å². The molecule has 0 fully saturated rings. The van der Waals surface area contributed by atoms with Crippen molar-refractivity contribution in [3.63, 3.8) is 0 Å². The molecule has 0 atom stereocenters. The Hall–Kier alpha value is -3.53. The third-order valence-electron chi connectivity index (χ3n) is 4.26. The number of nitrogens with one attached hydrogen (secondary N) is 1. The lowest BCUT2D eigenvalue weighted by Crippen LogP contribution is -2.24. The van der Waals surface area contributed by atoms with Crippen molar-refractivity contribution in [1.82, 2.24) is 30.3 Å². The number of benzene rings is 2. The van der Waals surface area contributed by atoms with E-state index in [1.165, 1.54) is 30.2 Å². The van der Waals surface area contributed by atoms with Gasteiger partial charge in [-0.05, 0) is 42.0 Å². The summed E-state index contributed by atoms with van der Waals surface area (Å²) in [6, 6.07) is 13.3. The number of hydrogen-bond acceptors (Lipinski definition) is 7. The van der Waals surface area contributed by atoms with Gasteiger partial charge in [-0.15, -0.1) is 5.10 Å². The SMILES string of the molecule is COc1ccc(-n2nnc3c(SCC(=O)NCc4ccc(F)cc4)ncnc32)cc1. The van der Waals surface area contributed by atoms with E-state index in [4.69, 9.17) is 4.74 Å². The van der Waals surface area contributed by atoms with E-state index >= 15 is 0 Å². The number of carbonyl (C=O) groups is 1. The number of methoxy groups -OCH3 is 1. The summed E-state index contributed by atoms with van der Waals surface area (Å²) in [5.74, 6) is 0.415. The van der Waals surface area contributed by atoms with Crippen LogP contribution < -0.4 is 10.1 Å². The fourth-order valence-electron chi connectivity index (χ4n) is 2.72. The maximum absolute atomic E-state index is 12.9. The first kappa shape index (κ1) is 19.8. The minimum absolute atomic E-state index is 0.155. The Morgan fingerprint density at radius 1 is 1.13 bits per heavy atom. The highest BCUT2D eigenvalue weighted by molar-refractivity contribution is 8.00. The average molecular weight is 424 g/mol. The normalized spacial score (nSPS) is 10.9. The molecule has 0 aliphatic heterocycles. The highest BCUT2D eigenvalue weighted by Gasteiger charge is 2.14. The number of ether oxygens (including phenoxy) is 1. The van der Waals surface area contributed by atoms with Crippen molar-refractivity contribution in [1.29, 1.82) is 0 Å². The third-order valence-corrected chi connectivity index (χ3v) is 5.24. The molecule has 0 aliphatic carbocycles. The van der Waals surface area contributed by atoms with E-state index in [0.29, 0.717) is 22.7 Å². The largest absolute Gasteiger partial charge is 0.497 e. The lowest BCUT2D eigenvalue weighted by atomic mass is 10.2. The van der Waals surface area contributed by atoms with Gasteiger partial charge in [-0.25, -0.2) is 14.4 Å². The maximum Gasteiger partial charge on any atom is 0.230 e. The van der Waals surface area contributed by atoms with Gasteiger partial charge in [0.05, 0.1) is 18.6 Å². The summed E-state index contributed by atoms with van der Waals surface area (Å²) < 4.78 is 19.7. The molecular weight excluding hydrogens is 407 g/mol. The second-order valence-corrected chi connectivity index (χ2v) is 7.21. The molecule has 4 rings (SSSR count). The molecule has 2 aromatic heterocycles. The van der Waals surface area contributed by atoms with Crippen molar-refractivity contribution < 1.29 is 13.9 Å². The van der Waals surface area contributed by atoms with E-state index in [1.807, 2.05) is 24.3 Å². The molecule has 10 heteroatoms.